The second kappa shape index (κ2) is 8.53. The Morgan fingerprint density at radius 1 is 0.957 bits per heavy atom. The molecule has 1 N–H and O–H groups in total. The van der Waals surface area contributed by atoms with Crippen LogP contribution < -0.4 is 5.32 Å². The van der Waals surface area contributed by atoms with Gasteiger partial charge in [0.2, 0.25) is 5.91 Å². The van der Waals surface area contributed by atoms with E-state index >= 15 is 0 Å². The molecule has 0 bridgehead atoms. The SMILES string of the molecule is CCc1ccc(C(=O)CCC(=O)Nc2ccc(SC)cc2)cc1. The number of rotatable bonds is 7. The second-order valence-corrected chi connectivity index (χ2v) is 6.13. The Morgan fingerprint density at radius 3 is 2.17 bits per heavy atom. The normalized spacial score (nSPS) is 10.3. The first-order valence-electron chi connectivity index (χ1n) is 7.68. The lowest BCUT2D eigenvalue weighted by Gasteiger charge is -2.06. The van der Waals surface area contributed by atoms with E-state index in [0.29, 0.717) is 5.56 Å². The van der Waals surface area contributed by atoms with E-state index < -0.39 is 0 Å². The van der Waals surface area contributed by atoms with Crippen molar-refractivity contribution in [2.24, 2.45) is 0 Å². The van der Waals surface area contributed by atoms with Crippen LogP contribution in [0.5, 0.6) is 0 Å². The van der Waals surface area contributed by atoms with E-state index in [1.807, 2.05) is 54.8 Å². The molecule has 0 radical (unpaired) electrons. The minimum atomic E-state index is -0.138. The zero-order chi connectivity index (χ0) is 16.7. The van der Waals surface area contributed by atoms with Crippen LogP contribution in [0, 0.1) is 0 Å². The lowest BCUT2D eigenvalue weighted by atomic mass is 10.0. The molecule has 2 aromatic carbocycles. The fourth-order valence-corrected chi connectivity index (χ4v) is 2.60. The van der Waals surface area contributed by atoms with Gasteiger partial charge in [0.1, 0.15) is 0 Å². The minimum absolute atomic E-state index is 0.000494. The largest absolute Gasteiger partial charge is 0.326 e. The Labute approximate surface area is 141 Å². The van der Waals surface area contributed by atoms with Gasteiger partial charge in [0.15, 0.2) is 5.78 Å². The summed E-state index contributed by atoms with van der Waals surface area (Å²) < 4.78 is 0. The molecular weight excluding hydrogens is 306 g/mol. The minimum Gasteiger partial charge on any atom is -0.326 e. The number of anilines is 1. The van der Waals surface area contributed by atoms with Gasteiger partial charge in [0.25, 0.3) is 0 Å². The van der Waals surface area contributed by atoms with Crippen LogP contribution in [-0.4, -0.2) is 17.9 Å². The van der Waals surface area contributed by atoms with E-state index in [0.717, 1.165) is 17.0 Å². The zero-order valence-corrected chi connectivity index (χ0v) is 14.3. The summed E-state index contributed by atoms with van der Waals surface area (Å²) in [4.78, 5) is 25.2. The number of hydrogen-bond acceptors (Lipinski definition) is 3. The fraction of sp³-hybridized carbons (Fsp3) is 0.263. The smallest absolute Gasteiger partial charge is 0.224 e. The summed E-state index contributed by atoms with van der Waals surface area (Å²) in [5.41, 5.74) is 2.62. The van der Waals surface area contributed by atoms with Gasteiger partial charge in [0.05, 0.1) is 0 Å². The third-order valence-electron chi connectivity index (χ3n) is 3.64. The summed E-state index contributed by atoms with van der Waals surface area (Å²) in [7, 11) is 0. The molecule has 0 aliphatic rings. The third kappa shape index (κ3) is 5.25. The molecule has 0 saturated carbocycles. The first-order chi connectivity index (χ1) is 11.1. The van der Waals surface area contributed by atoms with Crippen LogP contribution >= 0.6 is 11.8 Å². The van der Waals surface area contributed by atoms with Gasteiger partial charge in [-0.15, -0.1) is 11.8 Å². The first-order valence-corrected chi connectivity index (χ1v) is 8.91. The van der Waals surface area contributed by atoms with Gasteiger partial charge < -0.3 is 5.32 Å². The lowest BCUT2D eigenvalue weighted by molar-refractivity contribution is -0.116. The maximum Gasteiger partial charge on any atom is 0.224 e. The second-order valence-electron chi connectivity index (χ2n) is 5.25. The molecule has 2 aromatic rings. The Morgan fingerprint density at radius 2 is 1.61 bits per heavy atom. The van der Waals surface area contributed by atoms with Crippen LogP contribution in [-0.2, 0) is 11.2 Å². The van der Waals surface area contributed by atoms with E-state index in [9.17, 15) is 9.59 Å². The Kier molecular flexibility index (Phi) is 6.41. The fourth-order valence-electron chi connectivity index (χ4n) is 2.20. The molecule has 0 aromatic heterocycles. The maximum absolute atomic E-state index is 12.1. The van der Waals surface area contributed by atoms with Crippen molar-refractivity contribution in [3.05, 3.63) is 59.7 Å². The van der Waals surface area contributed by atoms with Gasteiger partial charge in [-0.05, 0) is 42.5 Å². The highest BCUT2D eigenvalue weighted by molar-refractivity contribution is 7.98. The van der Waals surface area contributed by atoms with Gasteiger partial charge in [-0.1, -0.05) is 31.2 Å². The van der Waals surface area contributed by atoms with Crippen molar-refractivity contribution in [1.82, 2.24) is 0 Å². The Bertz CT molecular complexity index is 663. The van der Waals surface area contributed by atoms with Crippen LogP contribution in [0.15, 0.2) is 53.4 Å². The van der Waals surface area contributed by atoms with Gasteiger partial charge in [-0.3, -0.25) is 9.59 Å². The summed E-state index contributed by atoms with van der Waals surface area (Å²) in [5.74, 6) is -0.138. The van der Waals surface area contributed by atoms with Crippen LogP contribution in [0.3, 0.4) is 0 Å². The summed E-state index contributed by atoms with van der Waals surface area (Å²) in [6.07, 6.45) is 3.37. The molecule has 4 heteroatoms. The molecule has 3 nitrogen and oxygen atoms in total. The number of hydrogen-bond donors (Lipinski definition) is 1. The van der Waals surface area contributed by atoms with Crippen LogP contribution in [0.25, 0.3) is 0 Å². The standard InChI is InChI=1S/C19H21NO2S/c1-3-14-4-6-15(7-5-14)18(21)12-13-19(22)20-16-8-10-17(23-2)11-9-16/h4-11H,3,12-13H2,1-2H3,(H,20,22). The van der Waals surface area contributed by atoms with E-state index in [1.165, 1.54) is 5.56 Å². The highest BCUT2D eigenvalue weighted by Gasteiger charge is 2.09. The summed E-state index contributed by atoms with van der Waals surface area (Å²) >= 11 is 1.65. The third-order valence-corrected chi connectivity index (χ3v) is 4.38. The summed E-state index contributed by atoms with van der Waals surface area (Å²) in [6.45, 7) is 2.08. The van der Waals surface area contributed by atoms with Crippen molar-refractivity contribution >= 4 is 29.1 Å². The average molecular weight is 327 g/mol. The van der Waals surface area contributed by atoms with Crippen LogP contribution in [0.4, 0.5) is 5.69 Å². The van der Waals surface area contributed by atoms with Gasteiger partial charge in [-0.25, -0.2) is 0 Å². The number of Topliss-reactive ketones (excluding diaryl/α,β-unsaturated/α-hetero) is 1. The number of nitrogens with one attached hydrogen (secondary N) is 1. The number of aryl methyl sites for hydroxylation is 1. The van der Waals surface area contributed by atoms with Crippen molar-refractivity contribution in [2.75, 3.05) is 11.6 Å². The number of benzene rings is 2. The molecule has 0 unspecified atom stereocenters. The van der Waals surface area contributed by atoms with E-state index in [-0.39, 0.29) is 24.5 Å². The molecule has 0 fully saturated rings. The molecule has 120 valence electrons. The predicted molar refractivity (Wildman–Crippen MR) is 96.2 cm³/mol. The molecule has 23 heavy (non-hydrogen) atoms. The Hall–Kier alpha value is -2.07. The van der Waals surface area contributed by atoms with Crippen molar-refractivity contribution in [3.63, 3.8) is 0 Å². The van der Waals surface area contributed by atoms with Gasteiger partial charge >= 0.3 is 0 Å². The highest BCUT2D eigenvalue weighted by atomic mass is 32.2. The van der Waals surface area contributed by atoms with Crippen LogP contribution in [0.1, 0.15) is 35.7 Å². The maximum atomic E-state index is 12.1. The number of carbonyl (C=O) groups excluding carboxylic acids is 2. The van der Waals surface area contributed by atoms with Crippen molar-refractivity contribution < 1.29 is 9.59 Å². The van der Waals surface area contributed by atoms with Gasteiger partial charge in [-0.2, -0.15) is 0 Å². The molecule has 2 rings (SSSR count). The molecule has 0 spiro atoms. The summed E-state index contributed by atoms with van der Waals surface area (Å²) in [5, 5.41) is 2.82. The Balaban J connectivity index is 1.83. The number of thioether (sulfide) groups is 1. The summed E-state index contributed by atoms with van der Waals surface area (Å²) in [6, 6.07) is 15.2. The molecule has 0 saturated heterocycles. The topological polar surface area (TPSA) is 46.2 Å². The molecule has 0 aliphatic heterocycles. The molecule has 0 atom stereocenters. The van der Waals surface area contributed by atoms with E-state index in [4.69, 9.17) is 0 Å². The molecule has 0 heterocycles. The van der Waals surface area contributed by atoms with E-state index in [2.05, 4.69) is 12.2 Å². The number of ketones is 1. The van der Waals surface area contributed by atoms with Crippen molar-refractivity contribution in [3.8, 4) is 0 Å². The van der Waals surface area contributed by atoms with Crippen molar-refractivity contribution in [1.29, 1.82) is 0 Å². The highest BCUT2D eigenvalue weighted by Crippen LogP contribution is 2.17. The number of amides is 1. The molecular formula is C19H21NO2S. The first kappa shape index (κ1) is 17.3. The quantitative estimate of drug-likeness (QED) is 0.598. The molecule has 0 aliphatic carbocycles. The van der Waals surface area contributed by atoms with Crippen molar-refractivity contribution in [2.45, 2.75) is 31.1 Å². The average Bonchev–Trinajstić information content (AvgIpc) is 2.60. The monoisotopic (exact) mass is 327 g/mol. The number of carbonyl (C=O) groups is 2. The predicted octanol–water partition coefficient (Wildman–Crippen LogP) is 4.57. The molecule has 1 amide bonds. The zero-order valence-electron chi connectivity index (χ0n) is 13.5. The van der Waals surface area contributed by atoms with Gasteiger partial charge in [0, 0.05) is 29.0 Å². The van der Waals surface area contributed by atoms with Crippen LogP contribution in [0.2, 0.25) is 0 Å². The van der Waals surface area contributed by atoms with E-state index in [1.54, 1.807) is 11.8 Å². The lowest BCUT2D eigenvalue weighted by Crippen LogP contribution is -2.13.